The van der Waals surface area contributed by atoms with Crippen LogP contribution in [0.2, 0.25) is 0 Å². The zero-order valence-electron chi connectivity index (χ0n) is 19.3. The molecule has 178 valence electrons. The Bertz CT molecular complexity index is 1360. The molecule has 3 aromatic heterocycles. The van der Waals surface area contributed by atoms with Gasteiger partial charge in [0.2, 0.25) is 0 Å². The van der Waals surface area contributed by atoms with Crippen LogP contribution in [0.1, 0.15) is 40.3 Å². The lowest BCUT2D eigenvalue weighted by atomic mass is 9.95. The summed E-state index contributed by atoms with van der Waals surface area (Å²) in [5.41, 5.74) is 5.46. The van der Waals surface area contributed by atoms with E-state index in [1.807, 2.05) is 36.4 Å². The molecule has 1 aliphatic carbocycles. The SMILES string of the molecule is Cc1cc(COCC(=O)Nc2cc(-c3[nH]c4c(c3Nc3ccccc3)C(=O)CCC4)ccn2)no1. The van der Waals surface area contributed by atoms with Crippen LogP contribution in [0.15, 0.2) is 59.3 Å². The molecule has 1 aromatic carbocycles. The molecule has 0 aliphatic heterocycles. The van der Waals surface area contributed by atoms with Crippen molar-refractivity contribution in [3.8, 4) is 11.3 Å². The second-order valence-electron chi connectivity index (χ2n) is 8.40. The van der Waals surface area contributed by atoms with Gasteiger partial charge in [-0.3, -0.25) is 9.59 Å². The second-order valence-corrected chi connectivity index (χ2v) is 8.40. The number of pyridine rings is 1. The molecule has 0 unspecified atom stereocenters. The number of ether oxygens (including phenoxy) is 1. The number of nitrogens with zero attached hydrogens (tertiary/aromatic N) is 2. The van der Waals surface area contributed by atoms with Crippen LogP contribution < -0.4 is 10.6 Å². The van der Waals surface area contributed by atoms with Crippen LogP contribution in [0, 0.1) is 6.92 Å². The van der Waals surface area contributed by atoms with Gasteiger partial charge in [0.1, 0.15) is 23.9 Å². The molecular formula is C26H25N5O4. The van der Waals surface area contributed by atoms with E-state index < -0.39 is 0 Å². The highest BCUT2D eigenvalue weighted by atomic mass is 16.5. The van der Waals surface area contributed by atoms with Gasteiger partial charge >= 0.3 is 0 Å². The number of anilines is 3. The number of carbonyl (C=O) groups is 2. The Morgan fingerprint density at radius 1 is 1.17 bits per heavy atom. The highest BCUT2D eigenvalue weighted by molar-refractivity contribution is 6.07. The molecular weight excluding hydrogens is 446 g/mol. The Hall–Kier alpha value is -4.24. The van der Waals surface area contributed by atoms with Gasteiger partial charge in [0, 0.05) is 35.6 Å². The number of amides is 1. The summed E-state index contributed by atoms with van der Waals surface area (Å²) in [4.78, 5) is 32.9. The third-order valence-electron chi connectivity index (χ3n) is 5.71. The van der Waals surface area contributed by atoms with Crippen molar-refractivity contribution < 1.29 is 18.8 Å². The van der Waals surface area contributed by atoms with Crippen LogP contribution >= 0.6 is 0 Å². The van der Waals surface area contributed by atoms with Crippen molar-refractivity contribution in [3.63, 3.8) is 0 Å². The minimum Gasteiger partial charge on any atom is -0.365 e. The molecule has 0 bridgehead atoms. The van der Waals surface area contributed by atoms with Crippen molar-refractivity contribution >= 4 is 28.9 Å². The number of rotatable bonds is 8. The molecule has 0 fully saturated rings. The van der Waals surface area contributed by atoms with E-state index in [-0.39, 0.29) is 24.9 Å². The number of nitrogens with one attached hydrogen (secondary N) is 3. The predicted molar refractivity (Wildman–Crippen MR) is 131 cm³/mol. The summed E-state index contributed by atoms with van der Waals surface area (Å²) in [5.74, 6) is 0.855. The van der Waals surface area contributed by atoms with Crippen molar-refractivity contribution in [2.45, 2.75) is 32.8 Å². The molecule has 3 heterocycles. The molecule has 0 radical (unpaired) electrons. The van der Waals surface area contributed by atoms with Crippen LogP contribution in [0.25, 0.3) is 11.3 Å². The highest BCUT2D eigenvalue weighted by Gasteiger charge is 2.27. The fourth-order valence-corrected chi connectivity index (χ4v) is 4.17. The Balaban J connectivity index is 1.35. The minimum absolute atomic E-state index is 0.120. The lowest BCUT2D eigenvalue weighted by molar-refractivity contribution is -0.121. The fraction of sp³-hybridized carbons (Fsp3) is 0.231. The van der Waals surface area contributed by atoms with Gasteiger partial charge < -0.3 is 24.9 Å². The molecule has 1 amide bonds. The number of carbonyl (C=O) groups excluding carboxylic acids is 2. The Morgan fingerprint density at radius 2 is 2.03 bits per heavy atom. The summed E-state index contributed by atoms with van der Waals surface area (Å²) in [7, 11) is 0. The summed E-state index contributed by atoms with van der Waals surface area (Å²) in [5, 5.41) is 10.0. The molecule has 35 heavy (non-hydrogen) atoms. The molecule has 1 aliphatic rings. The van der Waals surface area contributed by atoms with E-state index >= 15 is 0 Å². The highest BCUT2D eigenvalue weighted by Crippen LogP contribution is 2.39. The average molecular weight is 472 g/mol. The van der Waals surface area contributed by atoms with E-state index in [2.05, 4.69) is 25.8 Å². The minimum atomic E-state index is -0.335. The van der Waals surface area contributed by atoms with Gasteiger partial charge in [0.25, 0.3) is 5.91 Å². The second kappa shape index (κ2) is 9.94. The number of aromatic amines is 1. The third kappa shape index (κ3) is 5.15. The molecule has 4 aromatic rings. The zero-order chi connectivity index (χ0) is 24.2. The van der Waals surface area contributed by atoms with Crippen molar-refractivity contribution in [2.24, 2.45) is 0 Å². The zero-order valence-corrected chi connectivity index (χ0v) is 19.3. The number of hydrogen-bond donors (Lipinski definition) is 3. The monoisotopic (exact) mass is 471 g/mol. The first kappa shape index (κ1) is 22.5. The van der Waals surface area contributed by atoms with Gasteiger partial charge in [0.15, 0.2) is 5.78 Å². The quantitative estimate of drug-likeness (QED) is 0.338. The Morgan fingerprint density at radius 3 is 2.83 bits per heavy atom. The molecule has 5 rings (SSSR count). The standard InChI is InChI=1S/C26H25N5O4/c1-16-12-19(31-35-16)14-34-15-23(33)30-22-13-17(10-11-27-22)25-26(28-18-6-3-2-4-7-18)24-20(29-25)8-5-9-21(24)32/h2-4,6-7,10-13,28-29H,5,8-9,14-15H2,1H3,(H,27,30,33). The molecule has 0 spiro atoms. The van der Waals surface area contributed by atoms with E-state index in [0.717, 1.165) is 41.2 Å². The van der Waals surface area contributed by atoms with Crippen molar-refractivity contribution in [2.75, 3.05) is 17.2 Å². The lowest BCUT2D eigenvalue weighted by Crippen LogP contribution is -2.19. The van der Waals surface area contributed by atoms with Gasteiger partial charge in [-0.25, -0.2) is 4.98 Å². The summed E-state index contributed by atoms with van der Waals surface area (Å²) in [6.07, 6.45) is 3.78. The van der Waals surface area contributed by atoms with Crippen molar-refractivity contribution in [1.29, 1.82) is 0 Å². The average Bonchev–Trinajstić information content (AvgIpc) is 3.44. The molecule has 0 saturated heterocycles. The van der Waals surface area contributed by atoms with E-state index in [4.69, 9.17) is 9.26 Å². The normalized spacial score (nSPS) is 12.9. The Kier molecular flexibility index (Phi) is 6.40. The van der Waals surface area contributed by atoms with Gasteiger partial charge in [-0.15, -0.1) is 0 Å². The molecule has 0 atom stereocenters. The number of benzene rings is 1. The van der Waals surface area contributed by atoms with Crippen LogP contribution in [0.3, 0.4) is 0 Å². The smallest absolute Gasteiger partial charge is 0.251 e. The van der Waals surface area contributed by atoms with Crippen LogP contribution in [0.5, 0.6) is 0 Å². The topological polar surface area (TPSA) is 122 Å². The van der Waals surface area contributed by atoms with E-state index in [0.29, 0.717) is 29.3 Å². The summed E-state index contributed by atoms with van der Waals surface area (Å²) in [6.45, 7) is 1.82. The molecule has 0 saturated carbocycles. The molecule has 9 nitrogen and oxygen atoms in total. The first-order chi connectivity index (χ1) is 17.1. The van der Waals surface area contributed by atoms with Crippen molar-refractivity contribution in [3.05, 3.63) is 77.4 Å². The van der Waals surface area contributed by atoms with E-state index in [9.17, 15) is 9.59 Å². The number of fused-ring (bicyclic) bond motifs is 1. The summed E-state index contributed by atoms with van der Waals surface area (Å²) >= 11 is 0. The summed E-state index contributed by atoms with van der Waals surface area (Å²) in [6, 6.07) is 15.1. The first-order valence-corrected chi connectivity index (χ1v) is 11.4. The van der Waals surface area contributed by atoms with Crippen molar-refractivity contribution in [1.82, 2.24) is 15.1 Å². The number of Topliss-reactive ketones (excluding diaryl/α,β-unsaturated/α-hetero) is 1. The van der Waals surface area contributed by atoms with Crippen LogP contribution in [0.4, 0.5) is 17.2 Å². The number of aromatic nitrogens is 3. The van der Waals surface area contributed by atoms with Gasteiger partial charge in [0.05, 0.1) is 23.6 Å². The number of H-pyrrole nitrogens is 1. The van der Waals surface area contributed by atoms with E-state index in [1.165, 1.54) is 0 Å². The number of ketones is 1. The molecule has 3 N–H and O–H groups in total. The van der Waals surface area contributed by atoms with Gasteiger partial charge in [-0.1, -0.05) is 23.4 Å². The maximum atomic E-state index is 12.8. The summed E-state index contributed by atoms with van der Waals surface area (Å²) < 4.78 is 10.4. The molecule has 9 heteroatoms. The lowest BCUT2D eigenvalue weighted by Gasteiger charge is -2.14. The number of hydrogen-bond acceptors (Lipinski definition) is 7. The first-order valence-electron chi connectivity index (χ1n) is 11.4. The fourth-order valence-electron chi connectivity index (χ4n) is 4.17. The predicted octanol–water partition coefficient (Wildman–Crippen LogP) is 4.79. The van der Waals surface area contributed by atoms with Crippen LogP contribution in [-0.4, -0.2) is 33.4 Å². The number of para-hydroxylation sites is 1. The third-order valence-corrected chi connectivity index (χ3v) is 5.71. The van der Waals surface area contributed by atoms with E-state index in [1.54, 1.807) is 25.3 Å². The van der Waals surface area contributed by atoms with Gasteiger partial charge in [-0.05, 0) is 44.0 Å². The largest absolute Gasteiger partial charge is 0.365 e. The number of aryl methyl sites for hydroxylation is 2. The maximum absolute atomic E-state index is 12.8. The Labute approximate surface area is 201 Å². The van der Waals surface area contributed by atoms with Crippen LogP contribution in [-0.2, 0) is 22.6 Å². The maximum Gasteiger partial charge on any atom is 0.251 e. The van der Waals surface area contributed by atoms with Gasteiger partial charge in [-0.2, -0.15) is 0 Å².